The second-order valence-electron chi connectivity index (χ2n) is 4.51. The minimum atomic E-state index is -3.50. The van der Waals surface area contributed by atoms with Crippen LogP contribution < -0.4 is 15.4 Å². The first-order valence-electron chi connectivity index (χ1n) is 5.98. The lowest BCUT2D eigenvalue weighted by molar-refractivity contribution is -0.123. The molecule has 1 atom stereocenters. The third-order valence-corrected chi connectivity index (χ3v) is 4.69. The highest BCUT2D eigenvalue weighted by Gasteiger charge is 2.33. The van der Waals surface area contributed by atoms with Gasteiger partial charge in [-0.1, -0.05) is 0 Å². The third kappa shape index (κ3) is 2.66. The number of anilines is 1. The van der Waals surface area contributed by atoms with E-state index in [0.717, 1.165) is 0 Å². The molecule has 1 aromatic rings. The molecule has 1 fully saturated rings. The summed E-state index contributed by atoms with van der Waals surface area (Å²) in [6, 6.07) is 5.88. The van der Waals surface area contributed by atoms with Crippen LogP contribution >= 0.6 is 0 Å². The van der Waals surface area contributed by atoms with Gasteiger partial charge in [0, 0.05) is 18.7 Å². The molecular formula is C12H15N3O4S. The van der Waals surface area contributed by atoms with Crippen molar-refractivity contribution in [2.45, 2.75) is 11.3 Å². The molecule has 8 heteroatoms. The molecular weight excluding hydrogens is 282 g/mol. The smallest absolute Gasteiger partial charge is 0.240 e. The standard InChI is InChI=1S/C12H15N3O4S/c1-14-20(18,19)10-4-2-9(3-5-10)15-7-8(12(13)17)6-11(15)16/h2-5,8,14H,6-7H2,1H3,(H2,13,17). The summed E-state index contributed by atoms with van der Waals surface area (Å²) < 4.78 is 25.4. The number of hydrogen-bond acceptors (Lipinski definition) is 4. The summed E-state index contributed by atoms with van der Waals surface area (Å²) in [4.78, 5) is 24.5. The van der Waals surface area contributed by atoms with Crippen LogP contribution in [0.25, 0.3) is 0 Å². The van der Waals surface area contributed by atoms with Crippen LogP contribution in [0.1, 0.15) is 6.42 Å². The van der Waals surface area contributed by atoms with E-state index in [4.69, 9.17) is 5.73 Å². The Morgan fingerprint density at radius 3 is 2.40 bits per heavy atom. The molecule has 1 aromatic carbocycles. The Morgan fingerprint density at radius 1 is 1.35 bits per heavy atom. The highest BCUT2D eigenvalue weighted by atomic mass is 32.2. The van der Waals surface area contributed by atoms with E-state index in [-0.39, 0.29) is 23.8 Å². The zero-order valence-corrected chi connectivity index (χ0v) is 11.7. The quantitative estimate of drug-likeness (QED) is 0.775. The van der Waals surface area contributed by atoms with Gasteiger partial charge in [0.2, 0.25) is 21.8 Å². The Labute approximate surface area is 116 Å². The topological polar surface area (TPSA) is 110 Å². The molecule has 0 aromatic heterocycles. The average molecular weight is 297 g/mol. The van der Waals surface area contributed by atoms with Crippen molar-refractivity contribution < 1.29 is 18.0 Å². The highest BCUT2D eigenvalue weighted by molar-refractivity contribution is 7.89. The maximum Gasteiger partial charge on any atom is 0.240 e. The van der Waals surface area contributed by atoms with E-state index < -0.39 is 21.8 Å². The molecule has 1 unspecified atom stereocenters. The van der Waals surface area contributed by atoms with Gasteiger partial charge < -0.3 is 10.6 Å². The highest BCUT2D eigenvalue weighted by Crippen LogP contribution is 2.25. The van der Waals surface area contributed by atoms with Crippen molar-refractivity contribution in [3.8, 4) is 0 Å². The molecule has 7 nitrogen and oxygen atoms in total. The van der Waals surface area contributed by atoms with Crippen LogP contribution in [-0.4, -0.2) is 33.8 Å². The number of nitrogens with one attached hydrogen (secondary N) is 1. The van der Waals surface area contributed by atoms with Crippen LogP contribution in [0.5, 0.6) is 0 Å². The van der Waals surface area contributed by atoms with E-state index in [1.807, 2.05) is 0 Å². The van der Waals surface area contributed by atoms with Crippen LogP contribution in [0.3, 0.4) is 0 Å². The lowest BCUT2D eigenvalue weighted by atomic mass is 10.1. The van der Waals surface area contributed by atoms with Gasteiger partial charge in [0.05, 0.1) is 10.8 Å². The zero-order valence-electron chi connectivity index (χ0n) is 10.9. The summed E-state index contributed by atoms with van der Waals surface area (Å²) in [6.07, 6.45) is 0.0892. The largest absolute Gasteiger partial charge is 0.369 e. The van der Waals surface area contributed by atoms with Crippen molar-refractivity contribution >= 4 is 27.5 Å². The number of rotatable bonds is 4. The molecule has 1 aliphatic rings. The number of nitrogens with two attached hydrogens (primary N) is 1. The van der Waals surface area contributed by atoms with E-state index in [9.17, 15) is 18.0 Å². The van der Waals surface area contributed by atoms with E-state index in [1.54, 1.807) is 0 Å². The lowest BCUT2D eigenvalue weighted by Gasteiger charge is -2.16. The number of amides is 2. The molecule has 2 amide bonds. The fourth-order valence-corrected chi connectivity index (χ4v) is 2.80. The fraction of sp³-hybridized carbons (Fsp3) is 0.333. The van der Waals surface area contributed by atoms with Gasteiger partial charge in [-0.25, -0.2) is 13.1 Å². The van der Waals surface area contributed by atoms with Gasteiger partial charge in [-0.2, -0.15) is 0 Å². The van der Waals surface area contributed by atoms with Crippen LogP contribution in [0.4, 0.5) is 5.69 Å². The first kappa shape index (κ1) is 14.5. The molecule has 3 N–H and O–H groups in total. The van der Waals surface area contributed by atoms with Gasteiger partial charge in [-0.05, 0) is 31.3 Å². The van der Waals surface area contributed by atoms with Gasteiger partial charge >= 0.3 is 0 Å². The second-order valence-corrected chi connectivity index (χ2v) is 6.40. The van der Waals surface area contributed by atoms with Crippen LogP contribution in [0, 0.1) is 5.92 Å². The molecule has 0 bridgehead atoms. The van der Waals surface area contributed by atoms with Crippen molar-refractivity contribution in [1.82, 2.24) is 4.72 Å². The summed E-state index contributed by atoms with van der Waals surface area (Å²) in [7, 11) is -2.18. The number of sulfonamides is 1. The Balaban J connectivity index is 2.23. The normalized spacial score (nSPS) is 19.4. The predicted molar refractivity (Wildman–Crippen MR) is 72.3 cm³/mol. The molecule has 1 aliphatic heterocycles. The minimum absolute atomic E-state index is 0.0892. The van der Waals surface area contributed by atoms with E-state index in [0.29, 0.717) is 5.69 Å². The van der Waals surface area contributed by atoms with Crippen LogP contribution in [0.15, 0.2) is 29.2 Å². The van der Waals surface area contributed by atoms with E-state index >= 15 is 0 Å². The Bertz CT molecular complexity index is 639. The molecule has 0 radical (unpaired) electrons. The first-order valence-corrected chi connectivity index (χ1v) is 7.47. The molecule has 20 heavy (non-hydrogen) atoms. The zero-order chi connectivity index (χ0) is 14.9. The first-order chi connectivity index (χ1) is 9.35. The van der Waals surface area contributed by atoms with Gasteiger partial charge in [-0.3, -0.25) is 9.59 Å². The molecule has 0 aliphatic carbocycles. The SMILES string of the molecule is CNS(=O)(=O)c1ccc(N2CC(C(N)=O)CC2=O)cc1. The number of primary amides is 1. The summed E-state index contributed by atoms with van der Waals surface area (Å²) in [6.45, 7) is 0.228. The van der Waals surface area contributed by atoms with Gasteiger partial charge in [0.1, 0.15) is 0 Å². The molecule has 0 spiro atoms. The third-order valence-electron chi connectivity index (χ3n) is 3.25. The predicted octanol–water partition coefficient (Wildman–Crippen LogP) is -0.567. The van der Waals surface area contributed by atoms with Gasteiger partial charge in [-0.15, -0.1) is 0 Å². The monoisotopic (exact) mass is 297 g/mol. The van der Waals surface area contributed by atoms with E-state index in [1.165, 1.54) is 36.2 Å². The summed E-state index contributed by atoms with van der Waals surface area (Å²) in [5.74, 6) is -1.20. The van der Waals surface area contributed by atoms with Crippen molar-refractivity contribution in [1.29, 1.82) is 0 Å². The summed E-state index contributed by atoms with van der Waals surface area (Å²) in [5.41, 5.74) is 5.74. The Morgan fingerprint density at radius 2 is 1.95 bits per heavy atom. The summed E-state index contributed by atoms with van der Waals surface area (Å²) >= 11 is 0. The number of carbonyl (C=O) groups excluding carboxylic acids is 2. The minimum Gasteiger partial charge on any atom is -0.369 e. The molecule has 108 valence electrons. The van der Waals surface area contributed by atoms with Gasteiger partial charge in [0.25, 0.3) is 0 Å². The molecule has 1 heterocycles. The average Bonchev–Trinajstić information content (AvgIpc) is 2.81. The number of hydrogen-bond donors (Lipinski definition) is 2. The van der Waals surface area contributed by atoms with Crippen molar-refractivity contribution in [2.24, 2.45) is 11.7 Å². The molecule has 0 saturated carbocycles. The van der Waals surface area contributed by atoms with Crippen LogP contribution in [-0.2, 0) is 19.6 Å². The summed E-state index contributed by atoms with van der Waals surface area (Å²) in [5, 5.41) is 0. The van der Waals surface area contributed by atoms with Crippen molar-refractivity contribution in [2.75, 3.05) is 18.5 Å². The number of nitrogens with zero attached hydrogens (tertiary/aromatic N) is 1. The van der Waals surface area contributed by atoms with Gasteiger partial charge in [0.15, 0.2) is 0 Å². The molecule has 2 rings (SSSR count). The van der Waals surface area contributed by atoms with Crippen LogP contribution in [0.2, 0.25) is 0 Å². The fourth-order valence-electron chi connectivity index (χ4n) is 2.07. The number of carbonyl (C=O) groups is 2. The maximum atomic E-state index is 11.8. The van der Waals surface area contributed by atoms with Crippen molar-refractivity contribution in [3.63, 3.8) is 0 Å². The molecule has 1 saturated heterocycles. The second kappa shape index (κ2) is 5.22. The number of benzene rings is 1. The Hall–Kier alpha value is -1.93. The van der Waals surface area contributed by atoms with E-state index in [2.05, 4.69) is 4.72 Å². The maximum absolute atomic E-state index is 11.8. The lowest BCUT2D eigenvalue weighted by Crippen LogP contribution is -2.28. The Kier molecular flexibility index (Phi) is 3.78. The van der Waals surface area contributed by atoms with Crippen molar-refractivity contribution in [3.05, 3.63) is 24.3 Å².